The van der Waals surface area contributed by atoms with Crippen molar-refractivity contribution < 1.29 is 4.79 Å². The highest BCUT2D eigenvalue weighted by molar-refractivity contribution is 7.07. The van der Waals surface area contributed by atoms with Gasteiger partial charge in [-0.1, -0.05) is 29.3 Å². The monoisotopic (exact) mass is 342 g/mol. The molecule has 0 fully saturated rings. The summed E-state index contributed by atoms with van der Waals surface area (Å²) in [5.74, 6) is -0.218. The van der Waals surface area contributed by atoms with Crippen LogP contribution in [0.2, 0.25) is 10.0 Å². The van der Waals surface area contributed by atoms with E-state index in [4.69, 9.17) is 23.2 Å². The van der Waals surface area contributed by atoms with Crippen molar-refractivity contribution in [3.63, 3.8) is 0 Å². The Balaban J connectivity index is 2.07. The molecular weight excluding hydrogens is 327 g/mol. The standard InChI is InChI=1S/C15H16Cl2N2OS/c1-19(2)13(10-6-7-21-9-10)8-18-15(20)11-4-3-5-12(16)14(11)17/h3-7,9,13H,8H2,1-2H3,(H,18,20)/t13-/m1/s1. The van der Waals surface area contributed by atoms with Crippen LogP contribution in [0.25, 0.3) is 0 Å². The number of benzene rings is 1. The average molecular weight is 343 g/mol. The van der Waals surface area contributed by atoms with E-state index in [-0.39, 0.29) is 17.0 Å². The Bertz CT molecular complexity index is 614. The molecular formula is C15H16Cl2N2OS. The Labute approximate surface area is 138 Å². The maximum atomic E-state index is 12.2. The van der Waals surface area contributed by atoms with E-state index in [1.165, 1.54) is 5.56 Å². The van der Waals surface area contributed by atoms with Gasteiger partial charge in [-0.2, -0.15) is 11.3 Å². The molecule has 3 nitrogen and oxygen atoms in total. The smallest absolute Gasteiger partial charge is 0.252 e. The molecule has 1 aromatic heterocycles. The summed E-state index contributed by atoms with van der Waals surface area (Å²) in [6, 6.07) is 7.23. The highest BCUT2D eigenvalue weighted by atomic mass is 35.5. The number of halogens is 2. The van der Waals surface area contributed by atoms with Gasteiger partial charge >= 0.3 is 0 Å². The highest BCUT2D eigenvalue weighted by Crippen LogP contribution is 2.26. The third-order valence-electron chi connectivity index (χ3n) is 3.20. The zero-order valence-corrected chi connectivity index (χ0v) is 14.1. The summed E-state index contributed by atoms with van der Waals surface area (Å²) < 4.78 is 0. The molecule has 0 saturated heterocycles. The maximum Gasteiger partial charge on any atom is 0.252 e. The van der Waals surface area contributed by atoms with Gasteiger partial charge in [0.1, 0.15) is 0 Å². The van der Waals surface area contributed by atoms with E-state index in [0.717, 1.165) is 0 Å². The highest BCUT2D eigenvalue weighted by Gasteiger charge is 2.18. The summed E-state index contributed by atoms with van der Waals surface area (Å²) in [7, 11) is 3.97. The second-order valence-corrected chi connectivity index (χ2v) is 6.41. The number of rotatable bonds is 5. The molecule has 1 atom stereocenters. The lowest BCUT2D eigenvalue weighted by atomic mass is 10.1. The fourth-order valence-corrected chi connectivity index (χ4v) is 3.12. The summed E-state index contributed by atoms with van der Waals surface area (Å²) >= 11 is 13.6. The molecule has 21 heavy (non-hydrogen) atoms. The minimum atomic E-state index is -0.218. The van der Waals surface area contributed by atoms with Crippen molar-refractivity contribution in [1.29, 1.82) is 0 Å². The summed E-state index contributed by atoms with van der Waals surface area (Å²) in [5, 5.41) is 7.70. The van der Waals surface area contributed by atoms with Crippen LogP contribution in [-0.4, -0.2) is 31.4 Å². The second kappa shape index (κ2) is 7.27. The quantitative estimate of drug-likeness (QED) is 0.887. The first-order valence-corrected chi connectivity index (χ1v) is 8.11. The number of amides is 1. The number of hydrogen-bond donors (Lipinski definition) is 1. The van der Waals surface area contributed by atoms with Crippen molar-refractivity contribution in [3.8, 4) is 0 Å². The number of thiophene rings is 1. The van der Waals surface area contributed by atoms with Gasteiger partial charge in [-0.15, -0.1) is 0 Å². The number of nitrogens with zero attached hydrogens (tertiary/aromatic N) is 1. The Kier molecular flexibility index (Phi) is 5.65. The number of likely N-dealkylation sites (N-methyl/N-ethyl adjacent to an activating group) is 1. The zero-order valence-electron chi connectivity index (χ0n) is 11.8. The van der Waals surface area contributed by atoms with Crippen LogP contribution in [0.5, 0.6) is 0 Å². The van der Waals surface area contributed by atoms with E-state index in [9.17, 15) is 4.79 Å². The molecule has 0 aliphatic heterocycles. The van der Waals surface area contributed by atoms with E-state index in [1.54, 1.807) is 29.5 Å². The Hall–Kier alpha value is -1.07. The van der Waals surface area contributed by atoms with Gasteiger partial charge in [0.25, 0.3) is 5.91 Å². The molecule has 2 aromatic rings. The van der Waals surface area contributed by atoms with Crippen LogP contribution >= 0.6 is 34.5 Å². The SMILES string of the molecule is CN(C)[C@H](CNC(=O)c1cccc(Cl)c1Cl)c1ccsc1. The van der Waals surface area contributed by atoms with E-state index in [0.29, 0.717) is 17.1 Å². The minimum absolute atomic E-state index is 0.123. The summed E-state index contributed by atoms with van der Waals surface area (Å²) in [6.07, 6.45) is 0. The molecule has 0 saturated carbocycles. The fourth-order valence-electron chi connectivity index (χ4n) is 2.03. The number of carbonyl (C=O) groups excluding carboxylic acids is 1. The molecule has 0 spiro atoms. The van der Waals surface area contributed by atoms with Gasteiger partial charge in [0.2, 0.25) is 0 Å². The average Bonchev–Trinajstić information content (AvgIpc) is 2.95. The molecule has 1 amide bonds. The molecule has 0 radical (unpaired) electrons. The van der Waals surface area contributed by atoms with Crippen LogP contribution in [0.3, 0.4) is 0 Å². The molecule has 0 aliphatic carbocycles. The van der Waals surface area contributed by atoms with Crippen LogP contribution in [-0.2, 0) is 0 Å². The number of carbonyl (C=O) groups is 1. The van der Waals surface area contributed by atoms with Crippen LogP contribution in [0, 0.1) is 0 Å². The van der Waals surface area contributed by atoms with Gasteiger partial charge in [-0.3, -0.25) is 4.79 Å². The van der Waals surface area contributed by atoms with Crippen LogP contribution in [0.1, 0.15) is 22.0 Å². The van der Waals surface area contributed by atoms with Crippen molar-refractivity contribution >= 4 is 40.4 Å². The third-order valence-corrected chi connectivity index (χ3v) is 4.72. The minimum Gasteiger partial charge on any atom is -0.350 e. The van der Waals surface area contributed by atoms with Gasteiger partial charge in [0.05, 0.1) is 21.7 Å². The lowest BCUT2D eigenvalue weighted by Crippen LogP contribution is -2.34. The third kappa shape index (κ3) is 3.98. The first kappa shape index (κ1) is 16.3. The van der Waals surface area contributed by atoms with Gasteiger partial charge in [-0.25, -0.2) is 0 Å². The second-order valence-electron chi connectivity index (χ2n) is 4.85. The Morgan fingerprint density at radius 2 is 2.10 bits per heavy atom. The summed E-state index contributed by atoms with van der Waals surface area (Å²) in [6.45, 7) is 0.505. The number of nitrogens with one attached hydrogen (secondary N) is 1. The molecule has 0 unspecified atom stereocenters. The normalized spacial score (nSPS) is 12.4. The van der Waals surface area contributed by atoms with Crippen LogP contribution in [0.15, 0.2) is 35.0 Å². The first-order chi connectivity index (χ1) is 10.0. The molecule has 2 rings (SSSR count). The van der Waals surface area contributed by atoms with E-state index in [2.05, 4.69) is 21.7 Å². The van der Waals surface area contributed by atoms with Gasteiger partial charge < -0.3 is 10.2 Å². The van der Waals surface area contributed by atoms with Crippen LogP contribution < -0.4 is 5.32 Å². The summed E-state index contributed by atoms with van der Waals surface area (Å²) in [4.78, 5) is 14.3. The maximum absolute atomic E-state index is 12.2. The summed E-state index contributed by atoms with van der Waals surface area (Å²) in [5.41, 5.74) is 1.58. The van der Waals surface area contributed by atoms with Gasteiger partial charge in [0.15, 0.2) is 0 Å². The van der Waals surface area contributed by atoms with Crippen molar-refractivity contribution in [2.45, 2.75) is 6.04 Å². The zero-order chi connectivity index (χ0) is 15.4. The predicted octanol–water partition coefficient (Wildman–Crippen LogP) is 4.09. The molecule has 1 heterocycles. The molecule has 1 aromatic carbocycles. The van der Waals surface area contributed by atoms with E-state index in [1.807, 2.05) is 19.5 Å². The number of hydrogen-bond acceptors (Lipinski definition) is 3. The van der Waals surface area contributed by atoms with Gasteiger partial charge in [0, 0.05) is 6.54 Å². The Morgan fingerprint density at radius 3 is 2.71 bits per heavy atom. The molecule has 0 bridgehead atoms. The first-order valence-electron chi connectivity index (χ1n) is 6.41. The molecule has 1 N–H and O–H groups in total. The Morgan fingerprint density at radius 1 is 1.33 bits per heavy atom. The predicted molar refractivity (Wildman–Crippen MR) is 89.5 cm³/mol. The van der Waals surface area contributed by atoms with E-state index >= 15 is 0 Å². The lowest BCUT2D eigenvalue weighted by Gasteiger charge is -2.24. The van der Waals surface area contributed by atoms with Crippen molar-refractivity contribution in [3.05, 3.63) is 56.2 Å². The van der Waals surface area contributed by atoms with Gasteiger partial charge in [-0.05, 0) is 48.6 Å². The lowest BCUT2D eigenvalue weighted by molar-refractivity contribution is 0.0942. The van der Waals surface area contributed by atoms with Crippen molar-refractivity contribution in [1.82, 2.24) is 10.2 Å². The molecule has 112 valence electrons. The van der Waals surface area contributed by atoms with E-state index < -0.39 is 0 Å². The van der Waals surface area contributed by atoms with Crippen LogP contribution in [0.4, 0.5) is 0 Å². The molecule has 0 aliphatic rings. The van der Waals surface area contributed by atoms with Crippen molar-refractivity contribution in [2.24, 2.45) is 0 Å². The molecule has 6 heteroatoms. The largest absolute Gasteiger partial charge is 0.350 e. The van der Waals surface area contributed by atoms with Crippen molar-refractivity contribution in [2.75, 3.05) is 20.6 Å². The fraction of sp³-hybridized carbons (Fsp3) is 0.267. The topological polar surface area (TPSA) is 32.3 Å².